The highest BCUT2D eigenvalue weighted by Crippen LogP contribution is 2.23. The minimum absolute atomic E-state index is 0.273. The summed E-state index contributed by atoms with van der Waals surface area (Å²) >= 11 is 0. The van der Waals surface area contributed by atoms with E-state index in [2.05, 4.69) is 16.7 Å². The smallest absolute Gasteiger partial charge is 0.337 e. The molecule has 3 nitrogen and oxygen atoms in total. The first kappa shape index (κ1) is 13.1. The van der Waals surface area contributed by atoms with Gasteiger partial charge < -0.3 is 4.74 Å². The number of nitrogens with zero attached hydrogens (tertiary/aromatic N) is 1. The molecule has 1 aromatic carbocycles. The quantitative estimate of drug-likeness (QED) is 0.766. The predicted octanol–water partition coefficient (Wildman–Crippen LogP) is 2.85. The molecule has 98 valence electrons. The van der Waals surface area contributed by atoms with E-state index in [1.807, 2.05) is 24.3 Å². The van der Waals surface area contributed by atoms with Crippen molar-refractivity contribution in [3.05, 3.63) is 35.4 Å². The van der Waals surface area contributed by atoms with Gasteiger partial charge in [-0.25, -0.2) is 4.79 Å². The van der Waals surface area contributed by atoms with Crippen molar-refractivity contribution in [1.82, 2.24) is 4.90 Å². The first-order valence-corrected chi connectivity index (χ1v) is 6.58. The van der Waals surface area contributed by atoms with E-state index in [1.165, 1.54) is 38.4 Å². The average Bonchev–Trinajstić information content (AvgIpc) is 2.92. The third kappa shape index (κ3) is 3.10. The molecule has 0 bridgehead atoms. The Hall–Kier alpha value is -1.35. The standard InChI is InChI=1S/C15H21NO2/c1-16(14-5-3-4-6-14)11-12-7-9-13(10-8-12)15(17)18-2/h7-10,14H,3-6,11H2,1-2H3. The van der Waals surface area contributed by atoms with Gasteiger partial charge in [0.25, 0.3) is 0 Å². The maximum absolute atomic E-state index is 11.3. The van der Waals surface area contributed by atoms with Crippen molar-refractivity contribution in [1.29, 1.82) is 0 Å². The number of benzene rings is 1. The topological polar surface area (TPSA) is 29.5 Å². The first-order valence-electron chi connectivity index (χ1n) is 6.58. The summed E-state index contributed by atoms with van der Waals surface area (Å²) in [7, 11) is 3.59. The molecule has 0 heterocycles. The van der Waals surface area contributed by atoms with Crippen LogP contribution in [0.3, 0.4) is 0 Å². The van der Waals surface area contributed by atoms with Crippen LogP contribution >= 0.6 is 0 Å². The van der Waals surface area contributed by atoms with E-state index in [0.717, 1.165) is 12.6 Å². The molecule has 0 amide bonds. The fourth-order valence-electron chi connectivity index (χ4n) is 2.63. The Labute approximate surface area is 109 Å². The molecule has 0 radical (unpaired) electrons. The summed E-state index contributed by atoms with van der Waals surface area (Å²) in [5.41, 5.74) is 1.86. The summed E-state index contributed by atoms with van der Waals surface area (Å²) in [5.74, 6) is -0.273. The maximum atomic E-state index is 11.3. The molecule has 0 N–H and O–H groups in total. The van der Waals surface area contributed by atoms with E-state index in [4.69, 9.17) is 0 Å². The number of rotatable bonds is 4. The number of carbonyl (C=O) groups is 1. The van der Waals surface area contributed by atoms with Crippen LogP contribution in [0, 0.1) is 0 Å². The molecule has 0 unspecified atom stereocenters. The lowest BCUT2D eigenvalue weighted by molar-refractivity contribution is 0.0600. The highest BCUT2D eigenvalue weighted by molar-refractivity contribution is 5.89. The minimum atomic E-state index is -0.273. The van der Waals surface area contributed by atoms with E-state index in [1.54, 1.807) is 0 Å². The Kier molecular flexibility index (Phi) is 4.37. The highest BCUT2D eigenvalue weighted by Gasteiger charge is 2.19. The lowest BCUT2D eigenvalue weighted by Crippen LogP contribution is -2.28. The predicted molar refractivity (Wildman–Crippen MR) is 71.5 cm³/mol. The Morgan fingerprint density at radius 3 is 2.44 bits per heavy atom. The fraction of sp³-hybridized carbons (Fsp3) is 0.533. The van der Waals surface area contributed by atoms with Crippen LogP contribution in [0.5, 0.6) is 0 Å². The van der Waals surface area contributed by atoms with Gasteiger partial charge >= 0.3 is 5.97 Å². The first-order chi connectivity index (χ1) is 8.70. The number of esters is 1. The second-order valence-corrected chi connectivity index (χ2v) is 5.04. The fourth-order valence-corrected chi connectivity index (χ4v) is 2.63. The Morgan fingerprint density at radius 1 is 1.28 bits per heavy atom. The van der Waals surface area contributed by atoms with Crippen molar-refractivity contribution in [3.8, 4) is 0 Å². The van der Waals surface area contributed by atoms with Crippen LogP contribution in [0.15, 0.2) is 24.3 Å². The Balaban J connectivity index is 1.95. The molecule has 1 fully saturated rings. The molecule has 0 aromatic heterocycles. The molecular formula is C15H21NO2. The number of ether oxygens (including phenoxy) is 1. The monoisotopic (exact) mass is 247 g/mol. The van der Waals surface area contributed by atoms with Crippen LogP contribution in [0.2, 0.25) is 0 Å². The lowest BCUT2D eigenvalue weighted by atomic mass is 10.1. The number of methoxy groups -OCH3 is 1. The van der Waals surface area contributed by atoms with Crippen molar-refractivity contribution < 1.29 is 9.53 Å². The number of carbonyl (C=O) groups excluding carboxylic acids is 1. The second kappa shape index (κ2) is 6.01. The third-order valence-electron chi connectivity index (χ3n) is 3.76. The van der Waals surface area contributed by atoms with Crippen LogP contribution in [-0.2, 0) is 11.3 Å². The van der Waals surface area contributed by atoms with Crippen molar-refractivity contribution >= 4 is 5.97 Å². The van der Waals surface area contributed by atoms with E-state index in [9.17, 15) is 4.79 Å². The molecule has 1 saturated carbocycles. The van der Waals surface area contributed by atoms with Gasteiger partial charge in [-0.15, -0.1) is 0 Å². The zero-order valence-corrected chi connectivity index (χ0v) is 11.2. The average molecular weight is 247 g/mol. The Bertz CT molecular complexity index is 393. The second-order valence-electron chi connectivity index (χ2n) is 5.04. The SMILES string of the molecule is COC(=O)c1ccc(CN(C)C2CCCC2)cc1. The van der Waals surface area contributed by atoms with Gasteiger partial charge in [0, 0.05) is 12.6 Å². The van der Waals surface area contributed by atoms with E-state index < -0.39 is 0 Å². The van der Waals surface area contributed by atoms with Crippen molar-refractivity contribution in [2.75, 3.05) is 14.2 Å². The van der Waals surface area contributed by atoms with Gasteiger partial charge in [-0.1, -0.05) is 25.0 Å². The molecule has 2 rings (SSSR count). The van der Waals surface area contributed by atoms with Crippen LogP contribution < -0.4 is 0 Å². The van der Waals surface area contributed by atoms with E-state index in [0.29, 0.717) is 5.56 Å². The lowest BCUT2D eigenvalue weighted by Gasteiger charge is -2.24. The summed E-state index contributed by atoms with van der Waals surface area (Å²) in [4.78, 5) is 13.7. The van der Waals surface area contributed by atoms with Crippen LogP contribution in [-0.4, -0.2) is 31.1 Å². The molecule has 0 saturated heterocycles. The number of hydrogen-bond acceptors (Lipinski definition) is 3. The van der Waals surface area contributed by atoms with E-state index >= 15 is 0 Å². The van der Waals surface area contributed by atoms with E-state index in [-0.39, 0.29) is 5.97 Å². The van der Waals surface area contributed by atoms with Crippen LogP contribution in [0.4, 0.5) is 0 Å². The summed E-state index contributed by atoms with van der Waals surface area (Å²) < 4.78 is 4.69. The van der Waals surface area contributed by atoms with Gasteiger partial charge in [0.2, 0.25) is 0 Å². The molecule has 3 heteroatoms. The van der Waals surface area contributed by atoms with Gasteiger partial charge in [-0.2, -0.15) is 0 Å². The van der Waals surface area contributed by atoms with Gasteiger partial charge in [-0.05, 0) is 37.6 Å². The Morgan fingerprint density at radius 2 is 1.89 bits per heavy atom. The summed E-state index contributed by atoms with van der Waals surface area (Å²) in [5, 5.41) is 0. The largest absolute Gasteiger partial charge is 0.465 e. The zero-order chi connectivity index (χ0) is 13.0. The van der Waals surface area contributed by atoms with Gasteiger partial charge in [0.1, 0.15) is 0 Å². The molecule has 0 spiro atoms. The normalized spacial score (nSPS) is 16.2. The minimum Gasteiger partial charge on any atom is -0.465 e. The molecule has 1 aromatic rings. The van der Waals surface area contributed by atoms with Crippen molar-refractivity contribution in [2.45, 2.75) is 38.3 Å². The van der Waals surface area contributed by atoms with Crippen molar-refractivity contribution in [3.63, 3.8) is 0 Å². The highest BCUT2D eigenvalue weighted by atomic mass is 16.5. The number of hydrogen-bond donors (Lipinski definition) is 0. The molecular weight excluding hydrogens is 226 g/mol. The molecule has 18 heavy (non-hydrogen) atoms. The summed E-state index contributed by atoms with van der Waals surface area (Å²) in [6, 6.07) is 8.42. The molecule has 0 aliphatic heterocycles. The zero-order valence-electron chi connectivity index (χ0n) is 11.2. The van der Waals surface area contributed by atoms with Crippen LogP contribution in [0.25, 0.3) is 0 Å². The molecule has 0 atom stereocenters. The van der Waals surface area contributed by atoms with Crippen molar-refractivity contribution in [2.24, 2.45) is 0 Å². The molecule has 1 aliphatic rings. The van der Waals surface area contributed by atoms with Gasteiger partial charge in [0.15, 0.2) is 0 Å². The van der Waals surface area contributed by atoms with Crippen LogP contribution in [0.1, 0.15) is 41.6 Å². The maximum Gasteiger partial charge on any atom is 0.337 e. The van der Waals surface area contributed by atoms with Gasteiger partial charge in [-0.3, -0.25) is 4.90 Å². The third-order valence-corrected chi connectivity index (χ3v) is 3.76. The van der Waals surface area contributed by atoms with Gasteiger partial charge in [0.05, 0.1) is 12.7 Å². The summed E-state index contributed by atoms with van der Waals surface area (Å²) in [6.45, 7) is 0.951. The summed E-state index contributed by atoms with van der Waals surface area (Å²) in [6.07, 6.45) is 5.35. The molecule has 1 aliphatic carbocycles.